The first kappa shape index (κ1) is 29.6. The zero-order valence-corrected chi connectivity index (χ0v) is 28.9. The maximum Gasteiger partial charge on any atom is 0.0774 e. The van der Waals surface area contributed by atoms with E-state index in [1.165, 1.54) is 16.7 Å². The van der Waals surface area contributed by atoms with Crippen LogP contribution in [0.5, 0.6) is 0 Å². The van der Waals surface area contributed by atoms with Gasteiger partial charge in [0, 0.05) is 24.8 Å². The first-order valence-electron chi connectivity index (χ1n) is 13.3. The average Bonchev–Trinajstić information content (AvgIpc) is 3.42. The van der Waals surface area contributed by atoms with Crippen LogP contribution in [0.1, 0.15) is 63.8 Å². The number of benzene rings is 1. The van der Waals surface area contributed by atoms with Crippen LogP contribution in [-0.4, -0.2) is 36.4 Å². The molecule has 0 saturated heterocycles. The van der Waals surface area contributed by atoms with Gasteiger partial charge in [-0.1, -0.05) is 111 Å². The van der Waals surface area contributed by atoms with Crippen molar-refractivity contribution in [2.24, 2.45) is 0 Å². The quantitative estimate of drug-likeness (QED) is 0.217. The van der Waals surface area contributed by atoms with Crippen LogP contribution in [0.25, 0.3) is 0 Å². The number of aromatic amines is 2. The predicted molar refractivity (Wildman–Crippen MR) is 174 cm³/mol. The van der Waals surface area contributed by atoms with Gasteiger partial charge in [-0.2, -0.15) is 0 Å². The fourth-order valence-electron chi connectivity index (χ4n) is 5.65. The SMILES string of the molecule is CC(C)(C)P(Cc1cc([Si](C)(C)C)c([Si](C)(C)C)cc1C(P)(c1cc[nH]c1)c1cc[nH]c1)C(C)(C)C. The summed E-state index contributed by atoms with van der Waals surface area (Å²) in [5.41, 5.74) is 5.60. The Morgan fingerprint density at radius 3 is 1.47 bits per heavy atom. The number of nitrogens with one attached hydrogen (secondary N) is 2. The van der Waals surface area contributed by atoms with E-state index in [0.29, 0.717) is 0 Å². The van der Waals surface area contributed by atoms with Gasteiger partial charge in [-0.25, -0.2) is 0 Å². The Bertz CT molecular complexity index is 1110. The van der Waals surface area contributed by atoms with Gasteiger partial charge in [-0.05, 0) is 50.9 Å². The van der Waals surface area contributed by atoms with Crippen LogP contribution in [-0.2, 0) is 11.3 Å². The molecule has 36 heavy (non-hydrogen) atoms. The Kier molecular flexibility index (Phi) is 8.22. The second kappa shape index (κ2) is 9.99. The van der Waals surface area contributed by atoms with E-state index in [2.05, 4.69) is 149 Å². The summed E-state index contributed by atoms with van der Waals surface area (Å²) in [6.07, 6.45) is 9.63. The highest BCUT2D eigenvalue weighted by atomic mass is 31.1. The lowest BCUT2D eigenvalue weighted by Crippen LogP contribution is -2.57. The number of aromatic nitrogens is 2. The number of hydrogen-bond acceptors (Lipinski definition) is 0. The van der Waals surface area contributed by atoms with Crippen molar-refractivity contribution in [3.8, 4) is 0 Å². The van der Waals surface area contributed by atoms with E-state index in [4.69, 9.17) is 0 Å². The van der Waals surface area contributed by atoms with Crippen molar-refractivity contribution < 1.29 is 0 Å². The first-order chi connectivity index (χ1) is 16.3. The molecule has 1 aromatic carbocycles. The summed E-state index contributed by atoms with van der Waals surface area (Å²) in [7, 11) is -0.121. The van der Waals surface area contributed by atoms with Crippen LogP contribution in [0.3, 0.4) is 0 Å². The molecule has 0 fully saturated rings. The molecule has 1 atom stereocenters. The lowest BCUT2D eigenvalue weighted by Gasteiger charge is -2.43. The minimum absolute atomic E-state index is 0.271. The van der Waals surface area contributed by atoms with Gasteiger partial charge in [0.2, 0.25) is 0 Å². The Balaban J connectivity index is 2.45. The summed E-state index contributed by atoms with van der Waals surface area (Å²) in [5, 5.41) is 3.56. The Morgan fingerprint density at radius 1 is 0.722 bits per heavy atom. The molecule has 0 amide bonds. The largest absolute Gasteiger partial charge is 0.367 e. The Labute approximate surface area is 226 Å². The minimum atomic E-state index is -1.59. The second-order valence-corrected chi connectivity index (χ2v) is 29.3. The predicted octanol–water partition coefficient (Wildman–Crippen LogP) is 8.18. The van der Waals surface area contributed by atoms with E-state index in [-0.39, 0.29) is 23.4 Å². The van der Waals surface area contributed by atoms with E-state index < -0.39 is 16.1 Å². The molecule has 198 valence electrons. The van der Waals surface area contributed by atoms with Crippen molar-refractivity contribution in [2.75, 3.05) is 0 Å². The Morgan fingerprint density at radius 2 is 1.14 bits per heavy atom. The van der Waals surface area contributed by atoms with Crippen molar-refractivity contribution in [3.63, 3.8) is 0 Å². The molecule has 0 aliphatic carbocycles. The van der Waals surface area contributed by atoms with Crippen molar-refractivity contribution in [1.29, 1.82) is 0 Å². The van der Waals surface area contributed by atoms with Gasteiger partial charge in [-0.3, -0.25) is 0 Å². The molecule has 3 aromatic rings. The molecule has 0 bridgehead atoms. The highest BCUT2D eigenvalue weighted by Crippen LogP contribution is 2.62. The third kappa shape index (κ3) is 6.04. The third-order valence-corrected chi connectivity index (χ3v) is 16.5. The molecule has 0 aliphatic heterocycles. The van der Waals surface area contributed by atoms with E-state index in [1.807, 2.05) is 0 Å². The maximum absolute atomic E-state index is 3.35. The third-order valence-electron chi connectivity index (χ3n) is 7.34. The van der Waals surface area contributed by atoms with Gasteiger partial charge in [0.15, 0.2) is 0 Å². The maximum atomic E-state index is 3.35. The summed E-state index contributed by atoms with van der Waals surface area (Å²) >= 11 is 0. The minimum Gasteiger partial charge on any atom is -0.367 e. The zero-order chi connectivity index (χ0) is 27.3. The van der Waals surface area contributed by atoms with E-state index >= 15 is 0 Å². The van der Waals surface area contributed by atoms with Gasteiger partial charge < -0.3 is 9.97 Å². The summed E-state index contributed by atoms with van der Waals surface area (Å²) in [6, 6.07) is 9.84. The molecule has 0 radical (unpaired) electrons. The molecule has 0 spiro atoms. The summed E-state index contributed by atoms with van der Waals surface area (Å²) < 4.78 is 0. The van der Waals surface area contributed by atoms with Crippen molar-refractivity contribution in [1.82, 2.24) is 9.97 Å². The molecular formula is C30H50N2P2Si2. The molecule has 6 heteroatoms. The molecule has 3 rings (SSSR count). The first-order valence-corrected chi connectivity index (χ1v) is 22.4. The Hall–Kier alpha value is -0.926. The van der Waals surface area contributed by atoms with Gasteiger partial charge >= 0.3 is 0 Å². The lowest BCUT2D eigenvalue weighted by atomic mass is 9.84. The average molecular weight is 557 g/mol. The van der Waals surface area contributed by atoms with Crippen LogP contribution < -0.4 is 10.4 Å². The molecule has 0 saturated carbocycles. The van der Waals surface area contributed by atoms with Crippen LogP contribution in [0.4, 0.5) is 0 Å². The van der Waals surface area contributed by atoms with Crippen LogP contribution in [0.15, 0.2) is 49.1 Å². The van der Waals surface area contributed by atoms with Gasteiger partial charge in [0.25, 0.3) is 0 Å². The molecule has 2 aromatic heterocycles. The summed E-state index contributed by atoms with van der Waals surface area (Å²) in [4.78, 5) is 6.70. The molecule has 2 heterocycles. The standard InChI is InChI=1S/C30H50N2P2Si2/c1-28(2,3)34(29(4,5)6)21-22-17-26(35(7,8)9)27(36(10,11)12)18-25(22)30(33,23-13-15-31-19-23)24-14-16-32-20-24/h13-20,31-32H,21,33H2,1-12H3. The van der Waals surface area contributed by atoms with Crippen LogP contribution in [0, 0.1) is 0 Å². The topological polar surface area (TPSA) is 31.6 Å². The zero-order valence-electron chi connectivity index (χ0n) is 24.9. The van der Waals surface area contributed by atoms with Crippen LogP contribution in [0.2, 0.25) is 39.3 Å². The van der Waals surface area contributed by atoms with Gasteiger partial charge in [0.05, 0.1) is 21.3 Å². The second-order valence-electron chi connectivity index (χ2n) is 14.5. The van der Waals surface area contributed by atoms with Crippen molar-refractivity contribution in [2.45, 2.75) is 102 Å². The lowest BCUT2D eigenvalue weighted by molar-refractivity contribution is 0.702. The summed E-state index contributed by atoms with van der Waals surface area (Å²) in [5.74, 6) is 0. The molecule has 0 aliphatic rings. The van der Waals surface area contributed by atoms with E-state index in [9.17, 15) is 0 Å². The molecular weight excluding hydrogens is 506 g/mol. The number of H-pyrrole nitrogens is 2. The normalized spacial score (nSPS) is 14.1. The van der Waals surface area contributed by atoms with E-state index in [1.54, 1.807) is 15.9 Å². The smallest absolute Gasteiger partial charge is 0.0774 e. The fraction of sp³-hybridized carbons (Fsp3) is 0.533. The molecule has 2 nitrogen and oxygen atoms in total. The number of hydrogen-bond donors (Lipinski definition) is 2. The fourth-order valence-corrected chi connectivity index (χ4v) is 15.0. The summed E-state index contributed by atoms with van der Waals surface area (Å²) in [6.45, 7) is 29.8. The van der Waals surface area contributed by atoms with Crippen LogP contribution >= 0.6 is 17.2 Å². The van der Waals surface area contributed by atoms with Gasteiger partial charge in [-0.15, -0.1) is 9.24 Å². The van der Waals surface area contributed by atoms with Crippen molar-refractivity contribution in [3.05, 3.63) is 71.3 Å². The highest BCUT2D eigenvalue weighted by Gasteiger charge is 2.40. The van der Waals surface area contributed by atoms with Crippen molar-refractivity contribution >= 4 is 43.7 Å². The van der Waals surface area contributed by atoms with E-state index in [0.717, 1.165) is 6.16 Å². The van der Waals surface area contributed by atoms with Gasteiger partial charge in [0.1, 0.15) is 0 Å². The number of rotatable bonds is 7. The molecule has 2 N–H and O–H groups in total. The monoisotopic (exact) mass is 556 g/mol. The highest BCUT2D eigenvalue weighted by molar-refractivity contribution is 7.60. The molecule has 1 unspecified atom stereocenters.